The quantitative estimate of drug-likeness (QED) is 0.682. The van der Waals surface area contributed by atoms with E-state index in [1.807, 2.05) is 12.1 Å². The van der Waals surface area contributed by atoms with Gasteiger partial charge in [-0.1, -0.05) is 34.1 Å². The maximum absolute atomic E-state index is 6.28. The Morgan fingerprint density at radius 2 is 2.00 bits per heavy atom. The van der Waals surface area contributed by atoms with Gasteiger partial charge in [-0.15, -0.1) is 0 Å². The number of hydrogen-bond donors (Lipinski definition) is 1. The molecule has 2 aromatic carbocycles. The molecule has 0 amide bonds. The number of rotatable bonds is 0. The van der Waals surface area contributed by atoms with E-state index in [0.29, 0.717) is 0 Å². The van der Waals surface area contributed by atoms with E-state index in [4.69, 9.17) is 4.74 Å². The van der Waals surface area contributed by atoms with Crippen molar-refractivity contribution in [3.8, 4) is 5.75 Å². The number of benzene rings is 2. The first-order valence-electron chi connectivity index (χ1n) is 6.39. The van der Waals surface area contributed by atoms with Gasteiger partial charge in [-0.3, -0.25) is 0 Å². The Labute approximate surface area is 134 Å². The van der Waals surface area contributed by atoms with Crippen molar-refractivity contribution in [3.05, 3.63) is 62.5 Å². The van der Waals surface area contributed by atoms with E-state index in [0.717, 1.165) is 32.4 Å². The van der Waals surface area contributed by atoms with Gasteiger partial charge in [0, 0.05) is 22.1 Å². The highest BCUT2D eigenvalue weighted by Crippen LogP contribution is 2.43. The summed E-state index contributed by atoms with van der Waals surface area (Å²) in [4.78, 5) is 0. The van der Waals surface area contributed by atoms with Crippen LogP contribution in [0, 0.1) is 0 Å². The lowest BCUT2D eigenvalue weighted by molar-refractivity contribution is 0.154. The number of ether oxygens (including phenoxy) is 1. The molecule has 2 nitrogen and oxygen atoms in total. The van der Waals surface area contributed by atoms with Gasteiger partial charge >= 0.3 is 0 Å². The summed E-state index contributed by atoms with van der Waals surface area (Å²) in [5.41, 5.74) is 3.05. The van der Waals surface area contributed by atoms with Crippen LogP contribution in [0.5, 0.6) is 5.75 Å². The van der Waals surface area contributed by atoms with Crippen LogP contribution in [0.25, 0.3) is 6.08 Å². The van der Waals surface area contributed by atoms with Gasteiger partial charge in [-0.2, -0.15) is 0 Å². The molecule has 2 aromatic rings. The highest BCUT2D eigenvalue weighted by atomic mass is 79.9. The van der Waals surface area contributed by atoms with Crippen LogP contribution in [-0.4, -0.2) is 5.72 Å². The lowest BCUT2D eigenvalue weighted by Gasteiger charge is -2.32. The standard InChI is InChI=1S/C16H11Br2NO/c17-12-7-10-5-6-16(20-15(10)13(18)8-12)9-11-3-1-2-4-14(11)19-16/h1-8,19H,9H2. The van der Waals surface area contributed by atoms with Crippen molar-refractivity contribution < 1.29 is 4.74 Å². The second kappa shape index (κ2) is 4.37. The summed E-state index contributed by atoms with van der Waals surface area (Å²) in [6, 6.07) is 12.4. The Morgan fingerprint density at radius 3 is 2.85 bits per heavy atom. The van der Waals surface area contributed by atoms with E-state index in [9.17, 15) is 0 Å². The molecule has 0 bridgehead atoms. The molecule has 1 atom stereocenters. The van der Waals surface area contributed by atoms with E-state index >= 15 is 0 Å². The van der Waals surface area contributed by atoms with E-state index in [1.54, 1.807) is 0 Å². The van der Waals surface area contributed by atoms with Gasteiger partial charge in [0.05, 0.1) is 4.47 Å². The molecule has 2 aliphatic rings. The monoisotopic (exact) mass is 391 g/mol. The molecule has 0 aliphatic carbocycles. The largest absolute Gasteiger partial charge is 0.462 e. The fourth-order valence-corrected chi connectivity index (χ4v) is 4.11. The predicted molar refractivity (Wildman–Crippen MR) is 88.0 cm³/mol. The summed E-state index contributed by atoms with van der Waals surface area (Å²) in [6.07, 6.45) is 5.06. The average molecular weight is 393 g/mol. The molecule has 0 radical (unpaired) electrons. The van der Waals surface area contributed by atoms with Gasteiger partial charge in [0.25, 0.3) is 0 Å². The third-order valence-electron chi connectivity index (χ3n) is 3.67. The zero-order chi connectivity index (χ0) is 13.7. The Balaban J connectivity index is 1.76. The summed E-state index contributed by atoms with van der Waals surface area (Å²) < 4.78 is 8.28. The maximum atomic E-state index is 6.28. The van der Waals surface area contributed by atoms with Crippen LogP contribution in [0.4, 0.5) is 5.69 Å². The maximum Gasteiger partial charge on any atom is 0.204 e. The second-order valence-electron chi connectivity index (χ2n) is 5.09. The summed E-state index contributed by atoms with van der Waals surface area (Å²) in [5, 5.41) is 3.49. The van der Waals surface area contributed by atoms with Gasteiger partial charge in [0.2, 0.25) is 5.72 Å². The lowest BCUT2D eigenvalue weighted by Crippen LogP contribution is -2.42. The molecule has 100 valence electrons. The fourth-order valence-electron chi connectivity index (χ4n) is 2.77. The molecule has 0 saturated carbocycles. The number of fused-ring (bicyclic) bond motifs is 2. The van der Waals surface area contributed by atoms with Crippen LogP contribution in [0.1, 0.15) is 11.1 Å². The third-order valence-corrected chi connectivity index (χ3v) is 4.72. The van der Waals surface area contributed by atoms with E-state index in [-0.39, 0.29) is 0 Å². The molecular formula is C16H11Br2NO. The van der Waals surface area contributed by atoms with Crippen LogP contribution in [0.3, 0.4) is 0 Å². The number of nitrogens with one attached hydrogen (secondary N) is 1. The molecule has 1 unspecified atom stereocenters. The van der Waals surface area contributed by atoms with Crippen LogP contribution >= 0.6 is 31.9 Å². The smallest absolute Gasteiger partial charge is 0.204 e. The minimum absolute atomic E-state index is 0.465. The summed E-state index contributed by atoms with van der Waals surface area (Å²) in [7, 11) is 0. The zero-order valence-electron chi connectivity index (χ0n) is 10.5. The summed E-state index contributed by atoms with van der Waals surface area (Å²) in [6.45, 7) is 0. The Kier molecular flexibility index (Phi) is 2.72. The number of halogens is 2. The summed E-state index contributed by atoms with van der Waals surface area (Å²) in [5.74, 6) is 0.885. The molecule has 4 heteroatoms. The molecule has 0 aromatic heterocycles. The number of anilines is 1. The van der Waals surface area contributed by atoms with Gasteiger partial charge in [0.15, 0.2) is 0 Å². The average Bonchev–Trinajstić information content (AvgIpc) is 2.77. The van der Waals surface area contributed by atoms with Gasteiger partial charge in [0.1, 0.15) is 5.75 Å². The van der Waals surface area contributed by atoms with Gasteiger partial charge in [-0.05, 0) is 51.8 Å². The van der Waals surface area contributed by atoms with Crippen molar-refractivity contribution in [2.24, 2.45) is 0 Å². The SMILES string of the molecule is Brc1cc(Br)c2c(c1)C=CC1(Cc3ccccc3N1)O2. The topological polar surface area (TPSA) is 21.3 Å². The van der Waals surface area contributed by atoms with Crippen LogP contribution in [0.2, 0.25) is 0 Å². The third kappa shape index (κ3) is 1.90. The van der Waals surface area contributed by atoms with Crippen LogP contribution < -0.4 is 10.1 Å². The molecule has 2 heterocycles. The minimum atomic E-state index is -0.465. The highest BCUT2D eigenvalue weighted by molar-refractivity contribution is 9.11. The number of para-hydroxylation sites is 1. The Hall–Kier alpha value is -1.26. The van der Waals surface area contributed by atoms with Gasteiger partial charge in [-0.25, -0.2) is 0 Å². The first-order chi connectivity index (χ1) is 9.65. The van der Waals surface area contributed by atoms with E-state index in [1.165, 1.54) is 5.56 Å². The molecule has 0 fully saturated rings. The van der Waals surface area contributed by atoms with Crippen molar-refractivity contribution in [1.82, 2.24) is 0 Å². The molecule has 1 N–H and O–H groups in total. The molecule has 20 heavy (non-hydrogen) atoms. The Bertz CT molecular complexity index is 714. The summed E-state index contributed by atoms with van der Waals surface area (Å²) >= 11 is 7.09. The molecule has 1 spiro atoms. The first-order valence-corrected chi connectivity index (χ1v) is 7.97. The normalized spacial score (nSPS) is 22.1. The molecule has 0 saturated heterocycles. The van der Waals surface area contributed by atoms with E-state index < -0.39 is 5.72 Å². The second-order valence-corrected chi connectivity index (χ2v) is 6.86. The number of hydrogen-bond acceptors (Lipinski definition) is 2. The predicted octanol–water partition coefficient (Wildman–Crippen LogP) is 4.98. The fraction of sp³-hybridized carbons (Fsp3) is 0.125. The van der Waals surface area contributed by atoms with Crippen molar-refractivity contribution in [2.75, 3.05) is 5.32 Å². The molecule has 4 rings (SSSR count). The minimum Gasteiger partial charge on any atom is -0.462 e. The van der Waals surface area contributed by atoms with Crippen molar-refractivity contribution in [1.29, 1.82) is 0 Å². The van der Waals surface area contributed by atoms with E-state index in [2.05, 4.69) is 73.6 Å². The van der Waals surface area contributed by atoms with Crippen molar-refractivity contribution in [2.45, 2.75) is 12.1 Å². The zero-order valence-corrected chi connectivity index (χ0v) is 13.7. The molecular weight excluding hydrogens is 382 g/mol. The van der Waals surface area contributed by atoms with Gasteiger partial charge < -0.3 is 10.1 Å². The van der Waals surface area contributed by atoms with Crippen LogP contribution in [-0.2, 0) is 6.42 Å². The van der Waals surface area contributed by atoms with Crippen LogP contribution in [0.15, 0.2) is 51.4 Å². The molecule has 2 aliphatic heterocycles. The highest BCUT2D eigenvalue weighted by Gasteiger charge is 2.39. The lowest BCUT2D eigenvalue weighted by atomic mass is 10.0. The first kappa shape index (κ1) is 12.5. The van der Waals surface area contributed by atoms with Crippen molar-refractivity contribution in [3.63, 3.8) is 0 Å². The Morgan fingerprint density at radius 1 is 1.15 bits per heavy atom. The van der Waals surface area contributed by atoms with Crippen molar-refractivity contribution >= 4 is 43.6 Å².